The third-order valence-electron chi connectivity index (χ3n) is 4.76. The topological polar surface area (TPSA) is 52.6 Å². The number of hydrogen-bond acceptors (Lipinski definition) is 3. The maximum Gasteiger partial charge on any atom is 0.224 e. The van der Waals surface area contributed by atoms with Gasteiger partial charge in [-0.3, -0.25) is 9.69 Å². The molecule has 3 fully saturated rings. The van der Waals surface area contributed by atoms with Crippen LogP contribution in [0.15, 0.2) is 0 Å². The molecule has 4 heteroatoms. The van der Waals surface area contributed by atoms with Gasteiger partial charge in [-0.15, -0.1) is 0 Å². The average Bonchev–Trinajstić information content (AvgIpc) is 2.72. The van der Waals surface area contributed by atoms with Crippen LogP contribution in [0.1, 0.15) is 38.5 Å². The van der Waals surface area contributed by atoms with Crippen molar-refractivity contribution in [1.82, 2.24) is 10.2 Å². The van der Waals surface area contributed by atoms with Gasteiger partial charge in [0.2, 0.25) is 5.91 Å². The van der Waals surface area contributed by atoms with Gasteiger partial charge in [0, 0.05) is 18.6 Å². The number of fused-ring (bicyclic) bond motifs is 1. The Bertz CT molecular complexity index is 308. The Morgan fingerprint density at radius 1 is 1.12 bits per heavy atom. The van der Waals surface area contributed by atoms with Crippen LogP contribution in [0.2, 0.25) is 0 Å². The number of aliphatic hydroxyl groups is 1. The summed E-state index contributed by atoms with van der Waals surface area (Å²) in [6, 6.07) is 0.637. The molecule has 4 unspecified atom stereocenters. The highest BCUT2D eigenvalue weighted by molar-refractivity contribution is 5.82. The van der Waals surface area contributed by atoms with Gasteiger partial charge in [0.25, 0.3) is 0 Å². The van der Waals surface area contributed by atoms with Gasteiger partial charge in [0.05, 0.1) is 12.0 Å². The van der Waals surface area contributed by atoms with Gasteiger partial charge in [0.1, 0.15) is 0 Å². The van der Waals surface area contributed by atoms with Crippen LogP contribution < -0.4 is 5.32 Å². The van der Waals surface area contributed by atoms with E-state index in [2.05, 4.69) is 10.2 Å². The molecule has 2 aliphatic heterocycles. The van der Waals surface area contributed by atoms with Crippen molar-refractivity contribution in [3.63, 3.8) is 0 Å². The molecule has 3 aliphatic rings. The summed E-state index contributed by atoms with van der Waals surface area (Å²) >= 11 is 0. The molecule has 1 amide bonds. The van der Waals surface area contributed by atoms with Crippen molar-refractivity contribution in [2.45, 2.75) is 56.7 Å². The number of nitrogens with one attached hydrogen (secondary N) is 1. The Labute approximate surface area is 102 Å². The van der Waals surface area contributed by atoms with Crippen LogP contribution in [0.3, 0.4) is 0 Å². The van der Waals surface area contributed by atoms with Crippen molar-refractivity contribution in [3.05, 3.63) is 0 Å². The standard InChI is InChI=1S/C13H22N2O2/c16-12-6-2-1-5-10(12)15-7-3-4-9-11(15)8-14-13(9)17/h9-12,16H,1-8H2,(H,14,17). The second-order valence-corrected chi connectivity index (χ2v) is 5.72. The monoisotopic (exact) mass is 238 g/mol. The molecule has 0 aromatic heterocycles. The summed E-state index contributed by atoms with van der Waals surface area (Å²) in [4.78, 5) is 14.1. The number of hydrogen-bond donors (Lipinski definition) is 2. The van der Waals surface area contributed by atoms with Crippen molar-refractivity contribution in [3.8, 4) is 0 Å². The zero-order valence-corrected chi connectivity index (χ0v) is 10.3. The lowest BCUT2D eigenvalue weighted by Gasteiger charge is -2.44. The van der Waals surface area contributed by atoms with E-state index in [0.29, 0.717) is 12.1 Å². The molecule has 0 radical (unpaired) electrons. The molecule has 4 atom stereocenters. The second kappa shape index (κ2) is 4.58. The normalized spacial score (nSPS) is 43.2. The SMILES string of the molecule is O=C1NCC2C1CCCN2C1CCCCC1O. The third kappa shape index (κ3) is 1.97. The molecule has 0 aromatic rings. The first-order valence-corrected chi connectivity index (χ1v) is 6.99. The summed E-state index contributed by atoms with van der Waals surface area (Å²) in [6.45, 7) is 1.84. The summed E-state index contributed by atoms with van der Waals surface area (Å²) in [6.07, 6.45) is 6.33. The van der Waals surface area contributed by atoms with E-state index in [1.54, 1.807) is 0 Å². The largest absolute Gasteiger partial charge is 0.391 e. The van der Waals surface area contributed by atoms with E-state index in [4.69, 9.17) is 0 Å². The molecule has 2 N–H and O–H groups in total. The number of rotatable bonds is 1. The summed E-state index contributed by atoms with van der Waals surface area (Å²) in [5, 5.41) is 13.1. The molecule has 96 valence electrons. The van der Waals surface area contributed by atoms with Crippen molar-refractivity contribution in [1.29, 1.82) is 0 Å². The van der Waals surface area contributed by atoms with Crippen LogP contribution in [0.25, 0.3) is 0 Å². The molecule has 2 heterocycles. The molecule has 0 spiro atoms. The minimum atomic E-state index is -0.182. The lowest BCUT2D eigenvalue weighted by molar-refractivity contribution is -0.125. The van der Waals surface area contributed by atoms with Crippen LogP contribution in [0, 0.1) is 5.92 Å². The summed E-state index contributed by atoms with van der Waals surface area (Å²) in [5.74, 6) is 0.405. The first kappa shape index (κ1) is 11.5. The molecule has 3 rings (SSSR count). The van der Waals surface area contributed by atoms with Gasteiger partial charge in [-0.2, -0.15) is 0 Å². The Morgan fingerprint density at radius 2 is 1.94 bits per heavy atom. The van der Waals surface area contributed by atoms with Crippen molar-refractivity contribution in [2.24, 2.45) is 5.92 Å². The fraction of sp³-hybridized carbons (Fsp3) is 0.923. The van der Waals surface area contributed by atoms with Crippen LogP contribution in [-0.2, 0) is 4.79 Å². The fourth-order valence-corrected chi connectivity index (χ4v) is 3.88. The molecular weight excluding hydrogens is 216 g/mol. The van der Waals surface area contributed by atoms with Crippen molar-refractivity contribution >= 4 is 5.91 Å². The number of carbonyl (C=O) groups is 1. The molecular formula is C13H22N2O2. The van der Waals surface area contributed by atoms with Gasteiger partial charge in [0.15, 0.2) is 0 Å². The van der Waals surface area contributed by atoms with E-state index < -0.39 is 0 Å². The predicted octanol–water partition coefficient (Wildman–Crippen LogP) is 0.500. The quantitative estimate of drug-likeness (QED) is 0.699. The van der Waals surface area contributed by atoms with E-state index >= 15 is 0 Å². The Morgan fingerprint density at radius 3 is 2.76 bits per heavy atom. The molecule has 17 heavy (non-hydrogen) atoms. The first-order chi connectivity index (χ1) is 8.27. The highest BCUT2D eigenvalue weighted by Crippen LogP contribution is 2.33. The summed E-state index contributed by atoms with van der Waals surface area (Å²) < 4.78 is 0. The molecule has 4 nitrogen and oxygen atoms in total. The van der Waals surface area contributed by atoms with Crippen LogP contribution in [-0.4, -0.2) is 47.2 Å². The zero-order chi connectivity index (χ0) is 11.8. The number of carbonyl (C=O) groups excluding carboxylic acids is 1. The molecule has 1 aliphatic carbocycles. The average molecular weight is 238 g/mol. The smallest absolute Gasteiger partial charge is 0.224 e. The molecule has 2 saturated heterocycles. The van der Waals surface area contributed by atoms with Crippen LogP contribution in [0.5, 0.6) is 0 Å². The first-order valence-electron chi connectivity index (χ1n) is 6.99. The number of nitrogens with zero attached hydrogens (tertiary/aromatic N) is 1. The third-order valence-corrected chi connectivity index (χ3v) is 4.76. The fourth-order valence-electron chi connectivity index (χ4n) is 3.88. The highest BCUT2D eigenvalue weighted by Gasteiger charge is 2.44. The van der Waals surface area contributed by atoms with E-state index in [1.807, 2.05) is 0 Å². The van der Waals surface area contributed by atoms with Gasteiger partial charge >= 0.3 is 0 Å². The minimum Gasteiger partial charge on any atom is -0.391 e. The molecule has 1 saturated carbocycles. The number of aliphatic hydroxyl groups excluding tert-OH is 1. The summed E-state index contributed by atoms with van der Waals surface area (Å²) in [5.41, 5.74) is 0. The maximum absolute atomic E-state index is 11.7. The van der Waals surface area contributed by atoms with Crippen LogP contribution in [0.4, 0.5) is 0 Å². The van der Waals surface area contributed by atoms with Gasteiger partial charge < -0.3 is 10.4 Å². The minimum absolute atomic E-state index is 0.179. The van der Waals surface area contributed by atoms with Gasteiger partial charge in [-0.25, -0.2) is 0 Å². The zero-order valence-electron chi connectivity index (χ0n) is 10.3. The Balaban J connectivity index is 1.75. The van der Waals surface area contributed by atoms with Crippen molar-refractivity contribution < 1.29 is 9.90 Å². The number of likely N-dealkylation sites (tertiary alicyclic amines) is 1. The van der Waals surface area contributed by atoms with E-state index in [9.17, 15) is 9.90 Å². The molecule has 0 aromatic carbocycles. The van der Waals surface area contributed by atoms with Crippen molar-refractivity contribution in [2.75, 3.05) is 13.1 Å². The molecule has 0 bridgehead atoms. The number of amides is 1. The lowest BCUT2D eigenvalue weighted by atomic mass is 9.85. The summed E-state index contributed by atoms with van der Waals surface area (Å²) in [7, 11) is 0. The lowest BCUT2D eigenvalue weighted by Crippen LogP contribution is -2.55. The van der Waals surface area contributed by atoms with E-state index in [1.165, 1.54) is 6.42 Å². The highest BCUT2D eigenvalue weighted by atomic mass is 16.3. The maximum atomic E-state index is 11.7. The van der Waals surface area contributed by atoms with E-state index in [0.717, 1.165) is 45.2 Å². The Kier molecular flexibility index (Phi) is 3.09. The number of piperidine rings is 1. The predicted molar refractivity (Wildman–Crippen MR) is 64.5 cm³/mol. The van der Waals surface area contributed by atoms with Gasteiger partial charge in [-0.05, 0) is 32.2 Å². The van der Waals surface area contributed by atoms with Gasteiger partial charge in [-0.1, -0.05) is 12.8 Å². The second-order valence-electron chi connectivity index (χ2n) is 5.72. The van der Waals surface area contributed by atoms with Crippen LogP contribution >= 0.6 is 0 Å². The van der Waals surface area contributed by atoms with E-state index in [-0.39, 0.29) is 17.9 Å². The Hall–Kier alpha value is -0.610.